The first-order valence-corrected chi connectivity index (χ1v) is 11.9. The summed E-state index contributed by atoms with van der Waals surface area (Å²) in [6, 6.07) is 6.39. The van der Waals surface area contributed by atoms with E-state index in [1.54, 1.807) is 13.0 Å². The van der Waals surface area contributed by atoms with Gasteiger partial charge in [-0.3, -0.25) is 9.69 Å². The number of rotatable bonds is 8. The number of carbonyl (C=O) groups excluding carboxylic acids is 2. The number of nitrogens with two attached hydrogens (primary N) is 1. The minimum Gasteiger partial charge on any atom is -0.492 e. The highest BCUT2D eigenvalue weighted by atomic mass is 19.2. The molecular weight excluding hydrogens is 523 g/mol. The Morgan fingerprint density at radius 1 is 0.974 bits per heavy atom. The highest BCUT2D eigenvalue weighted by Crippen LogP contribution is 2.38. The van der Waals surface area contributed by atoms with Gasteiger partial charge in [0.1, 0.15) is 41.4 Å². The third-order valence-electron chi connectivity index (χ3n) is 6.50. The quantitative estimate of drug-likeness (QED) is 0.397. The van der Waals surface area contributed by atoms with Crippen molar-refractivity contribution in [1.29, 1.82) is 0 Å². The van der Waals surface area contributed by atoms with Crippen LogP contribution in [0.5, 0.6) is 5.75 Å². The minimum atomic E-state index is -1.16. The summed E-state index contributed by atoms with van der Waals surface area (Å²) in [6.45, 7) is 0.903. The first kappa shape index (κ1) is 27.8. The number of urea groups is 1. The molecule has 3 aromatic carbocycles. The molecule has 0 aromatic heterocycles. The Morgan fingerprint density at radius 2 is 1.59 bits per heavy atom. The number of benzene rings is 3. The highest BCUT2D eigenvalue weighted by molar-refractivity contribution is 5.99. The average molecular weight is 549 g/mol. The summed E-state index contributed by atoms with van der Waals surface area (Å²) < 4.78 is 76.0. The van der Waals surface area contributed by atoms with Crippen LogP contribution in [-0.4, -0.2) is 37.0 Å². The molecule has 12 heteroatoms. The maximum absolute atomic E-state index is 14.9. The Balaban J connectivity index is 1.63. The predicted molar refractivity (Wildman–Crippen MR) is 133 cm³/mol. The largest absolute Gasteiger partial charge is 0.492 e. The molecule has 0 saturated heterocycles. The third-order valence-corrected chi connectivity index (χ3v) is 6.50. The number of halogens is 5. The molecule has 4 rings (SSSR count). The van der Waals surface area contributed by atoms with E-state index in [-0.39, 0.29) is 30.2 Å². The van der Waals surface area contributed by atoms with E-state index in [0.717, 1.165) is 17.0 Å². The summed E-state index contributed by atoms with van der Waals surface area (Å²) in [5.74, 6) is -6.07. The van der Waals surface area contributed by atoms with Crippen LogP contribution in [0.15, 0.2) is 42.5 Å². The Hall–Kier alpha value is -4.19. The smallest absolute Gasteiger partial charge is 0.325 e. The van der Waals surface area contributed by atoms with Crippen LogP contribution < -0.4 is 20.7 Å². The van der Waals surface area contributed by atoms with Crippen molar-refractivity contribution in [3.8, 4) is 5.75 Å². The fourth-order valence-corrected chi connectivity index (χ4v) is 4.25. The molecule has 1 aliphatic heterocycles. The lowest BCUT2D eigenvalue weighted by molar-refractivity contribution is 0.0950. The van der Waals surface area contributed by atoms with Gasteiger partial charge in [-0.05, 0) is 24.6 Å². The highest BCUT2D eigenvalue weighted by Gasteiger charge is 2.35. The van der Waals surface area contributed by atoms with Gasteiger partial charge in [-0.15, -0.1) is 0 Å². The molecule has 0 spiro atoms. The zero-order valence-electron chi connectivity index (χ0n) is 21.0. The maximum Gasteiger partial charge on any atom is 0.325 e. The zero-order valence-corrected chi connectivity index (χ0v) is 21.0. The van der Waals surface area contributed by atoms with Gasteiger partial charge in [0, 0.05) is 61.1 Å². The van der Waals surface area contributed by atoms with E-state index < -0.39 is 71.3 Å². The second kappa shape index (κ2) is 11.3. The molecular formula is C27H25F5N4O3. The van der Waals surface area contributed by atoms with Crippen molar-refractivity contribution in [2.45, 2.75) is 26.1 Å². The van der Waals surface area contributed by atoms with E-state index >= 15 is 0 Å². The van der Waals surface area contributed by atoms with Gasteiger partial charge in [-0.2, -0.15) is 0 Å². The van der Waals surface area contributed by atoms with Gasteiger partial charge < -0.3 is 20.7 Å². The van der Waals surface area contributed by atoms with Gasteiger partial charge in [0.15, 0.2) is 0 Å². The van der Waals surface area contributed by atoms with Crippen LogP contribution in [0.2, 0.25) is 0 Å². The van der Waals surface area contributed by atoms with Gasteiger partial charge in [-0.1, -0.05) is 6.07 Å². The number of amides is 3. The number of nitrogens with zero attached hydrogens (tertiary/aromatic N) is 2. The maximum atomic E-state index is 14.9. The molecule has 1 aliphatic rings. The van der Waals surface area contributed by atoms with E-state index in [4.69, 9.17) is 10.5 Å². The Kier molecular flexibility index (Phi) is 8.05. The van der Waals surface area contributed by atoms with Crippen molar-refractivity contribution in [2.24, 2.45) is 5.73 Å². The van der Waals surface area contributed by atoms with E-state index in [0.29, 0.717) is 17.7 Å². The van der Waals surface area contributed by atoms with Gasteiger partial charge in [0.05, 0.1) is 18.3 Å². The first-order valence-electron chi connectivity index (χ1n) is 11.9. The Morgan fingerprint density at radius 3 is 2.21 bits per heavy atom. The van der Waals surface area contributed by atoms with E-state index in [1.807, 2.05) is 0 Å². The molecule has 1 heterocycles. The van der Waals surface area contributed by atoms with Crippen LogP contribution in [0.1, 0.15) is 40.0 Å². The molecule has 3 aromatic rings. The number of hydrogen-bond donors (Lipinski definition) is 2. The van der Waals surface area contributed by atoms with Crippen LogP contribution >= 0.6 is 0 Å². The van der Waals surface area contributed by atoms with Crippen LogP contribution in [-0.2, 0) is 13.1 Å². The molecule has 39 heavy (non-hydrogen) atoms. The second-order valence-corrected chi connectivity index (χ2v) is 8.96. The summed E-state index contributed by atoms with van der Waals surface area (Å²) in [4.78, 5) is 28.5. The molecule has 0 aliphatic carbocycles. The predicted octanol–water partition coefficient (Wildman–Crippen LogP) is 4.78. The monoisotopic (exact) mass is 548 g/mol. The summed E-state index contributed by atoms with van der Waals surface area (Å²) in [7, 11) is 1.53. The number of fused-ring (bicyclic) bond motifs is 1. The number of ether oxygens (including phenoxy) is 1. The lowest BCUT2D eigenvalue weighted by Crippen LogP contribution is -2.47. The molecule has 206 valence electrons. The molecule has 3 amide bonds. The Bertz CT molecular complexity index is 1390. The SMILES string of the molecule is C[C@H]1c2ccc(C(=O)NCc3c(F)cc(F)cc3F)cc2N(Cc2c(F)cc(OCCN)cc2F)C(=O)N1C. The minimum absolute atomic E-state index is 0.0257. The summed E-state index contributed by atoms with van der Waals surface area (Å²) >= 11 is 0. The van der Waals surface area contributed by atoms with Gasteiger partial charge in [-0.25, -0.2) is 26.7 Å². The summed E-state index contributed by atoms with van der Waals surface area (Å²) in [5.41, 5.74) is 5.30. The number of anilines is 1. The fraction of sp³-hybridized carbons (Fsp3) is 0.259. The van der Waals surface area contributed by atoms with Crippen molar-refractivity contribution < 1.29 is 36.3 Å². The Labute approximate surface area is 220 Å². The van der Waals surface area contributed by atoms with Crippen LogP contribution in [0.25, 0.3) is 0 Å². The van der Waals surface area contributed by atoms with E-state index in [1.165, 1.54) is 24.1 Å². The normalized spacial score (nSPS) is 14.9. The average Bonchev–Trinajstić information content (AvgIpc) is 2.88. The molecule has 0 unspecified atom stereocenters. The first-order chi connectivity index (χ1) is 18.5. The molecule has 0 bridgehead atoms. The van der Waals surface area contributed by atoms with Crippen LogP contribution in [0, 0.1) is 29.1 Å². The van der Waals surface area contributed by atoms with Crippen LogP contribution in [0.3, 0.4) is 0 Å². The number of hydrogen-bond acceptors (Lipinski definition) is 4. The molecule has 0 radical (unpaired) electrons. The van der Waals surface area contributed by atoms with Crippen molar-refractivity contribution in [3.63, 3.8) is 0 Å². The molecule has 1 atom stereocenters. The van der Waals surface area contributed by atoms with Crippen molar-refractivity contribution >= 4 is 17.6 Å². The van der Waals surface area contributed by atoms with Crippen molar-refractivity contribution in [2.75, 3.05) is 25.1 Å². The standard InChI is InChI=1S/C27H25F5N4O3/c1-14-18-4-3-15(26(37)34-12-19-21(29)8-16(28)9-22(19)30)7-25(18)36(27(38)35(14)2)13-20-23(31)10-17(11-24(20)32)39-6-5-33/h3-4,7-11,14H,5-6,12-13,33H2,1-2H3,(H,34,37)/t14-/m0/s1. The van der Waals surface area contributed by atoms with E-state index in [9.17, 15) is 31.5 Å². The van der Waals surface area contributed by atoms with Crippen molar-refractivity contribution in [3.05, 3.63) is 93.8 Å². The molecule has 0 fully saturated rings. The second-order valence-electron chi connectivity index (χ2n) is 8.96. The molecule has 7 nitrogen and oxygen atoms in total. The zero-order chi connectivity index (χ0) is 28.4. The lowest BCUT2D eigenvalue weighted by Gasteiger charge is -2.39. The number of nitrogens with one attached hydrogen (secondary N) is 1. The third kappa shape index (κ3) is 5.65. The lowest BCUT2D eigenvalue weighted by atomic mass is 9.98. The molecule has 0 saturated carbocycles. The fourth-order valence-electron chi connectivity index (χ4n) is 4.25. The topological polar surface area (TPSA) is 87.9 Å². The van der Waals surface area contributed by atoms with Crippen molar-refractivity contribution in [1.82, 2.24) is 10.2 Å². The van der Waals surface area contributed by atoms with Gasteiger partial charge in [0.25, 0.3) is 5.91 Å². The number of carbonyl (C=O) groups is 2. The van der Waals surface area contributed by atoms with E-state index in [2.05, 4.69) is 5.32 Å². The summed E-state index contributed by atoms with van der Waals surface area (Å²) in [6.07, 6.45) is 0. The van der Waals surface area contributed by atoms with Gasteiger partial charge >= 0.3 is 6.03 Å². The summed E-state index contributed by atoms with van der Waals surface area (Å²) in [5, 5.41) is 2.36. The molecule has 3 N–H and O–H groups in total. The van der Waals surface area contributed by atoms with Crippen LogP contribution in [0.4, 0.5) is 32.4 Å². The van der Waals surface area contributed by atoms with Gasteiger partial charge in [0.2, 0.25) is 0 Å².